The number of hydrogen-bond acceptors (Lipinski definition) is 2. The second-order valence-corrected chi connectivity index (χ2v) is 3.21. The van der Waals surface area contributed by atoms with Crippen molar-refractivity contribution in [2.24, 2.45) is 0 Å². The van der Waals surface area contributed by atoms with E-state index in [1.807, 2.05) is 0 Å². The van der Waals surface area contributed by atoms with Crippen LogP contribution in [0.5, 0.6) is 5.75 Å². The van der Waals surface area contributed by atoms with E-state index in [4.69, 9.17) is 16.9 Å². The number of nitrogens with zero attached hydrogens (tertiary/aromatic N) is 1. The Kier molecular flexibility index (Phi) is 3.48. The third-order valence-electron chi connectivity index (χ3n) is 1.49. The Hall–Kier alpha value is -1.35. The van der Waals surface area contributed by atoms with Gasteiger partial charge in [0.15, 0.2) is 0 Å². The van der Waals surface area contributed by atoms with E-state index in [0.717, 1.165) is 0 Å². The van der Waals surface area contributed by atoms with Crippen LogP contribution in [0.2, 0.25) is 5.02 Å². The van der Waals surface area contributed by atoms with Gasteiger partial charge in [-0.15, -0.1) is 0 Å². The average molecular weight is 234 g/mol. The number of hydrogen-bond donors (Lipinski definition) is 0. The van der Waals surface area contributed by atoms with E-state index >= 15 is 0 Å². The number of nitriles is 1. The SMILES string of the molecule is N#Cc1ccc(Cl)cc1OC[B-](F)(F)F. The third kappa shape index (κ3) is 3.72. The number of halogens is 4. The summed E-state index contributed by atoms with van der Waals surface area (Å²) in [4.78, 5) is 0. The highest BCUT2D eigenvalue weighted by Gasteiger charge is 2.24. The molecule has 0 spiro atoms. The molecule has 1 aromatic rings. The standard InChI is InChI=1S/C8H5BClF3NO/c10-7-2-1-6(4-14)8(3-7)15-5-9(11,12)13/h1-3H,5H2/q-1. The summed E-state index contributed by atoms with van der Waals surface area (Å²) >= 11 is 5.56. The minimum absolute atomic E-state index is 0.0273. The molecule has 0 unspecified atom stereocenters. The summed E-state index contributed by atoms with van der Waals surface area (Å²) in [6, 6.07) is 5.61. The van der Waals surface area contributed by atoms with Crippen LogP contribution in [0.25, 0.3) is 0 Å². The molecule has 0 aromatic heterocycles. The van der Waals surface area contributed by atoms with Gasteiger partial charge in [0.25, 0.3) is 0 Å². The van der Waals surface area contributed by atoms with Gasteiger partial charge in [-0.05, 0) is 18.2 Å². The highest BCUT2D eigenvalue weighted by atomic mass is 35.5. The molecule has 7 heteroatoms. The van der Waals surface area contributed by atoms with E-state index in [0.29, 0.717) is 0 Å². The van der Waals surface area contributed by atoms with Crippen molar-refractivity contribution in [1.29, 1.82) is 5.26 Å². The van der Waals surface area contributed by atoms with Crippen LogP contribution in [0.1, 0.15) is 5.56 Å². The van der Waals surface area contributed by atoms with Crippen LogP contribution < -0.4 is 4.74 Å². The summed E-state index contributed by atoms with van der Waals surface area (Å²) in [5.74, 6) is -0.149. The Balaban J connectivity index is 2.85. The summed E-state index contributed by atoms with van der Waals surface area (Å²) < 4.78 is 40.2. The molecule has 0 saturated carbocycles. The van der Waals surface area contributed by atoms with Crippen LogP contribution in [0.3, 0.4) is 0 Å². The largest absolute Gasteiger partial charge is 0.520 e. The molecule has 0 N–H and O–H groups in total. The Labute approximate surface area is 89.3 Å². The van der Waals surface area contributed by atoms with E-state index in [1.54, 1.807) is 6.07 Å². The molecule has 0 saturated heterocycles. The molecule has 0 aliphatic carbocycles. The topological polar surface area (TPSA) is 33.0 Å². The van der Waals surface area contributed by atoms with Gasteiger partial charge in [0.05, 0.1) is 12.1 Å². The molecule has 0 heterocycles. The maximum Gasteiger partial charge on any atom is 0.515 e. The van der Waals surface area contributed by atoms with Gasteiger partial charge in [-0.25, -0.2) is 0 Å². The van der Waals surface area contributed by atoms with Crippen molar-refractivity contribution in [3.05, 3.63) is 28.8 Å². The lowest BCUT2D eigenvalue weighted by Crippen LogP contribution is -2.26. The predicted molar refractivity (Wildman–Crippen MR) is 50.7 cm³/mol. The van der Waals surface area contributed by atoms with Crippen LogP contribution in [-0.2, 0) is 0 Å². The van der Waals surface area contributed by atoms with Crippen LogP contribution in [0.15, 0.2) is 18.2 Å². The molecule has 2 nitrogen and oxygen atoms in total. The maximum atomic E-state index is 11.9. The van der Waals surface area contributed by atoms with Gasteiger partial charge in [-0.1, -0.05) is 11.6 Å². The Bertz CT molecular complexity index is 402. The quantitative estimate of drug-likeness (QED) is 0.753. The molecule has 0 aliphatic rings. The van der Waals surface area contributed by atoms with Crippen molar-refractivity contribution in [2.75, 3.05) is 6.51 Å². The monoisotopic (exact) mass is 234 g/mol. The first-order chi connectivity index (χ1) is 6.92. The Morgan fingerprint density at radius 2 is 2.07 bits per heavy atom. The third-order valence-corrected chi connectivity index (χ3v) is 1.73. The molecule has 0 bridgehead atoms. The lowest BCUT2D eigenvalue weighted by molar-refractivity contribution is 0.312. The average Bonchev–Trinajstić information content (AvgIpc) is 2.14. The van der Waals surface area contributed by atoms with Crippen molar-refractivity contribution >= 4 is 18.6 Å². The number of ether oxygens (including phenoxy) is 1. The van der Waals surface area contributed by atoms with Gasteiger partial charge in [-0.3, -0.25) is 0 Å². The van der Waals surface area contributed by atoms with Gasteiger partial charge >= 0.3 is 6.98 Å². The normalized spacial score (nSPS) is 10.9. The second kappa shape index (κ2) is 4.45. The van der Waals surface area contributed by atoms with E-state index < -0.39 is 13.5 Å². The van der Waals surface area contributed by atoms with Crippen LogP contribution >= 0.6 is 11.6 Å². The highest BCUT2D eigenvalue weighted by molar-refractivity contribution is 6.58. The first-order valence-electron chi connectivity index (χ1n) is 3.96. The summed E-state index contributed by atoms with van der Waals surface area (Å²) in [7, 11) is 0. The zero-order chi connectivity index (χ0) is 11.5. The molecule has 0 aliphatic heterocycles. The number of rotatable bonds is 3. The van der Waals surface area contributed by atoms with Gasteiger partial charge in [-0.2, -0.15) is 5.26 Å². The van der Waals surface area contributed by atoms with Gasteiger partial charge in [0, 0.05) is 5.02 Å². The summed E-state index contributed by atoms with van der Waals surface area (Å²) in [5.41, 5.74) is 0.0273. The second-order valence-electron chi connectivity index (χ2n) is 2.77. The minimum atomic E-state index is -5.04. The van der Waals surface area contributed by atoms with Crippen LogP contribution in [0.4, 0.5) is 12.9 Å². The molecule has 1 rings (SSSR count). The molecule has 80 valence electrons. The zero-order valence-corrected chi connectivity index (χ0v) is 8.14. The van der Waals surface area contributed by atoms with E-state index in [-0.39, 0.29) is 16.3 Å². The molecular weight excluding hydrogens is 229 g/mol. The van der Waals surface area contributed by atoms with Crippen molar-refractivity contribution in [1.82, 2.24) is 0 Å². The fourth-order valence-electron chi connectivity index (χ4n) is 0.892. The van der Waals surface area contributed by atoms with Crippen LogP contribution in [-0.4, -0.2) is 13.5 Å². The van der Waals surface area contributed by atoms with Crippen molar-refractivity contribution < 1.29 is 17.7 Å². The zero-order valence-electron chi connectivity index (χ0n) is 7.38. The fourth-order valence-corrected chi connectivity index (χ4v) is 1.05. The molecule has 1 aromatic carbocycles. The van der Waals surface area contributed by atoms with Crippen molar-refractivity contribution in [3.8, 4) is 11.8 Å². The molecule has 0 radical (unpaired) electrons. The molecule has 15 heavy (non-hydrogen) atoms. The van der Waals surface area contributed by atoms with Gasteiger partial charge < -0.3 is 17.7 Å². The van der Waals surface area contributed by atoms with Gasteiger partial charge in [0.2, 0.25) is 0 Å². The summed E-state index contributed by atoms with van der Waals surface area (Å²) in [5, 5.41) is 8.81. The summed E-state index contributed by atoms with van der Waals surface area (Å²) in [6.45, 7) is -6.41. The maximum absolute atomic E-state index is 11.9. The van der Waals surface area contributed by atoms with Crippen LogP contribution in [0, 0.1) is 11.3 Å². The minimum Gasteiger partial charge on any atom is -0.520 e. The van der Waals surface area contributed by atoms with E-state index in [2.05, 4.69) is 4.74 Å². The van der Waals surface area contributed by atoms with E-state index in [9.17, 15) is 12.9 Å². The first kappa shape index (κ1) is 11.7. The number of benzene rings is 1. The lowest BCUT2D eigenvalue weighted by Gasteiger charge is -2.15. The molecule has 0 amide bonds. The smallest absolute Gasteiger partial charge is 0.515 e. The Morgan fingerprint density at radius 1 is 1.40 bits per heavy atom. The Morgan fingerprint density at radius 3 is 2.60 bits per heavy atom. The molecule has 0 atom stereocenters. The fraction of sp³-hybridized carbons (Fsp3) is 0.125. The predicted octanol–water partition coefficient (Wildman–Crippen LogP) is 2.98. The molecular formula is C8H5BClF3NO-. The lowest BCUT2D eigenvalue weighted by atomic mass is 9.95. The van der Waals surface area contributed by atoms with E-state index in [1.165, 1.54) is 18.2 Å². The molecule has 0 fully saturated rings. The van der Waals surface area contributed by atoms with Crippen molar-refractivity contribution in [2.45, 2.75) is 0 Å². The highest BCUT2D eigenvalue weighted by Crippen LogP contribution is 2.23. The summed E-state index contributed by atoms with van der Waals surface area (Å²) in [6.07, 6.45) is 0. The van der Waals surface area contributed by atoms with Crippen molar-refractivity contribution in [3.63, 3.8) is 0 Å². The first-order valence-corrected chi connectivity index (χ1v) is 4.33. The van der Waals surface area contributed by atoms with Gasteiger partial charge in [0.1, 0.15) is 11.8 Å².